The van der Waals surface area contributed by atoms with Gasteiger partial charge in [-0.2, -0.15) is 18.2 Å². The Balaban J connectivity index is 2.64. The molecule has 0 amide bonds. The summed E-state index contributed by atoms with van der Waals surface area (Å²) in [7, 11) is 1.02. The van der Waals surface area contributed by atoms with Crippen molar-refractivity contribution in [2.75, 3.05) is 7.11 Å². The molecule has 0 aliphatic heterocycles. The molecule has 0 fully saturated rings. The van der Waals surface area contributed by atoms with E-state index in [4.69, 9.17) is 0 Å². The SMILES string of the molecule is COc1nc(-c2ccncc2)[nH]c(=O)c1C(F)(F)F. The average Bonchev–Trinajstić information content (AvgIpc) is 2.37. The van der Waals surface area contributed by atoms with Crippen LogP contribution in [0.1, 0.15) is 5.56 Å². The number of H-pyrrole nitrogens is 1. The van der Waals surface area contributed by atoms with E-state index in [0.717, 1.165) is 7.11 Å². The number of rotatable bonds is 2. The number of ether oxygens (including phenoxy) is 1. The Morgan fingerprint density at radius 3 is 2.42 bits per heavy atom. The van der Waals surface area contributed by atoms with Crippen molar-refractivity contribution in [2.24, 2.45) is 0 Å². The summed E-state index contributed by atoms with van der Waals surface area (Å²) in [6.07, 6.45) is -1.97. The van der Waals surface area contributed by atoms with Crippen LogP contribution in [0.3, 0.4) is 0 Å². The highest BCUT2D eigenvalue weighted by Crippen LogP contribution is 2.32. The molecule has 5 nitrogen and oxygen atoms in total. The first-order valence-corrected chi connectivity index (χ1v) is 5.09. The van der Waals surface area contributed by atoms with Gasteiger partial charge in [-0.25, -0.2) is 0 Å². The molecule has 2 aromatic heterocycles. The van der Waals surface area contributed by atoms with Crippen LogP contribution in [0.2, 0.25) is 0 Å². The minimum Gasteiger partial charge on any atom is -0.480 e. The second-order valence-electron chi connectivity index (χ2n) is 3.53. The third-order valence-electron chi connectivity index (χ3n) is 2.32. The number of methoxy groups -OCH3 is 1. The highest BCUT2D eigenvalue weighted by Gasteiger charge is 2.39. The topological polar surface area (TPSA) is 67.9 Å². The minimum atomic E-state index is -4.83. The van der Waals surface area contributed by atoms with Crippen LogP contribution in [0.4, 0.5) is 13.2 Å². The van der Waals surface area contributed by atoms with Gasteiger partial charge in [0.25, 0.3) is 5.56 Å². The summed E-state index contributed by atoms with van der Waals surface area (Å²) in [6.45, 7) is 0. The molecule has 2 aromatic rings. The number of alkyl halides is 3. The predicted octanol–water partition coefficient (Wildman–Crippen LogP) is 1.86. The van der Waals surface area contributed by atoms with Crippen LogP contribution in [0.5, 0.6) is 5.88 Å². The van der Waals surface area contributed by atoms with Crippen molar-refractivity contribution >= 4 is 0 Å². The van der Waals surface area contributed by atoms with Gasteiger partial charge in [0.05, 0.1) is 7.11 Å². The second kappa shape index (κ2) is 4.71. The molecule has 100 valence electrons. The van der Waals surface area contributed by atoms with E-state index in [-0.39, 0.29) is 5.82 Å². The van der Waals surface area contributed by atoms with Gasteiger partial charge in [0, 0.05) is 18.0 Å². The maximum atomic E-state index is 12.7. The Morgan fingerprint density at radius 2 is 1.89 bits per heavy atom. The lowest BCUT2D eigenvalue weighted by atomic mass is 10.2. The highest BCUT2D eigenvalue weighted by molar-refractivity contribution is 5.54. The third-order valence-corrected chi connectivity index (χ3v) is 2.32. The molecule has 0 aliphatic rings. The van der Waals surface area contributed by atoms with Gasteiger partial charge in [0.1, 0.15) is 5.82 Å². The number of hydrogen-bond donors (Lipinski definition) is 1. The van der Waals surface area contributed by atoms with Crippen molar-refractivity contribution in [1.82, 2.24) is 15.0 Å². The second-order valence-corrected chi connectivity index (χ2v) is 3.53. The monoisotopic (exact) mass is 271 g/mol. The number of pyridine rings is 1. The normalized spacial score (nSPS) is 11.4. The number of hydrogen-bond acceptors (Lipinski definition) is 4. The van der Waals surface area contributed by atoms with E-state index in [1.54, 1.807) is 0 Å². The van der Waals surface area contributed by atoms with E-state index in [1.807, 2.05) is 0 Å². The maximum Gasteiger partial charge on any atom is 0.426 e. The quantitative estimate of drug-likeness (QED) is 0.905. The Bertz CT molecular complexity index is 638. The fraction of sp³-hybridized carbons (Fsp3) is 0.182. The van der Waals surface area contributed by atoms with Gasteiger partial charge in [0.15, 0.2) is 5.56 Å². The van der Waals surface area contributed by atoms with Crippen molar-refractivity contribution in [3.8, 4) is 17.3 Å². The van der Waals surface area contributed by atoms with Crippen LogP contribution >= 0.6 is 0 Å². The minimum absolute atomic E-state index is 0.0164. The van der Waals surface area contributed by atoms with Gasteiger partial charge in [-0.3, -0.25) is 9.78 Å². The Hall–Kier alpha value is -2.38. The molecule has 0 atom stereocenters. The first kappa shape index (κ1) is 13.1. The third kappa shape index (κ3) is 2.56. The van der Waals surface area contributed by atoms with Gasteiger partial charge in [-0.15, -0.1) is 0 Å². The summed E-state index contributed by atoms with van der Waals surface area (Å²) in [5, 5.41) is 0. The predicted molar refractivity (Wildman–Crippen MR) is 59.6 cm³/mol. The van der Waals surface area contributed by atoms with E-state index in [9.17, 15) is 18.0 Å². The van der Waals surface area contributed by atoms with Gasteiger partial charge in [0.2, 0.25) is 5.88 Å². The lowest BCUT2D eigenvalue weighted by Gasteiger charge is -2.11. The molecule has 0 aliphatic carbocycles. The van der Waals surface area contributed by atoms with Crippen LogP contribution in [0.25, 0.3) is 11.4 Å². The summed E-state index contributed by atoms with van der Waals surface area (Å²) in [5.74, 6) is -0.777. The Morgan fingerprint density at radius 1 is 1.26 bits per heavy atom. The summed E-state index contributed by atoms with van der Waals surface area (Å²) in [4.78, 5) is 21.0. The van der Waals surface area contributed by atoms with E-state index in [1.165, 1.54) is 24.5 Å². The van der Waals surface area contributed by atoms with Gasteiger partial charge in [-0.1, -0.05) is 0 Å². The van der Waals surface area contributed by atoms with Gasteiger partial charge in [-0.05, 0) is 12.1 Å². The zero-order chi connectivity index (χ0) is 14.0. The summed E-state index contributed by atoms with van der Waals surface area (Å²) < 4.78 is 42.6. The van der Waals surface area contributed by atoms with Gasteiger partial charge >= 0.3 is 6.18 Å². The molecule has 0 bridgehead atoms. The summed E-state index contributed by atoms with van der Waals surface area (Å²) in [6, 6.07) is 3.01. The zero-order valence-corrected chi connectivity index (χ0v) is 9.65. The Kier molecular flexibility index (Phi) is 3.24. The lowest BCUT2D eigenvalue weighted by Crippen LogP contribution is -2.24. The molecule has 2 rings (SSSR count). The molecular formula is C11H8F3N3O2. The van der Waals surface area contributed by atoms with Crippen molar-refractivity contribution in [3.63, 3.8) is 0 Å². The first-order chi connectivity index (χ1) is 8.93. The fourth-order valence-electron chi connectivity index (χ4n) is 1.50. The van der Waals surface area contributed by atoms with E-state index >= 15 is 0 Å². The van der Waals surface area contributed by atoms with Crippen LogP contribution in [-0.4, -0.2) is 22.1 Å². The van der Waals surface area contributed by atoms with Gasteiger partial charge < -0.3 is 9.72 Å². The molecule has 0 unspecified atom stereocenters. The molecule has 2 heterocycles. The van der Waals surface area contributed by atoms with Crippen LogP contribution in [-0.2, 0) is 6.18 Å². The largest absolute Gasteiger partial charge is 0.480 e. The Labute approximate surface area is 105 Å². The highest BCUT2D eigenvalue weighted by atomic mass is 19.4. The molecule has 0 spiro atoms. The lowest BCUT2D eigenvalue weighted by molar-refractivity contribution is -0.140. The number of nitrogens with one attached hydrogen (secondary N) is 1. The molecule has 0 aromatic carbocycles. The van der Waals surface area contributed by atoms with Crippen LogP contribution in [0, 0.1) is 0 Å². The molecule has 19 heavy (non-hydrogen) atoms. The molecule has 0 saturated heterocycles. The van der Waals surface area contributed by atoms with E-state index in [0.29, 0.717) is 5.56 Å². The summed E-state index contributed by atoms with van der Waals surface area (Å²) in [5.41, 5.74) is -2.32. The van der Waals surface area contributed by atoms with Crippen LogP contribution in [0.15, 0.2) is 29.3 Å². The molecule has 0 radical (unpaired) electrons. The number of aromatic nitrogens is 3. The zero-order valence-electron chi connectivity index (χ0n) is 9.65. The number of nitrogens with zero attached hydrogens (tertiary/aromatic N) is 2. The maximum absolute atomic E-state index is 12.7. The van der Waals surface area contributed by atoms with Crippen molar-refractivity contribution < 1.29 is 17.9 Å². The molecule has 8 heteroatoms. The van der Waals surface area contributed by atoms with Crippen molar-refractivity contribution in [1.29, 1.82) is 0 Å². The van der Waals surface area contributed by atoms with E-state index in [2.05, 4.69) is 19.7 Å². The fourth-order valence-corrected chi connectivity index (χ4v) is 1.50. The number of aromatic amines is 1. The molecular weight excluding hydrogens is 263 g/mol. The molecule has 0 saturated carbocycles. The first-order valence-electron chi connectivity index (χ1n) is 5.09. The number of halogens is 3. The smallest absolute Gasteiger partial charge is 0.426 e. The average molecular weight is 271 g/mol. The van der Waals surface area contributed by atoms with Crippen molar-refractivity contribution in [3.05, 3.63) is 40.4 Å². The van der Waals surface area contributed by atoms with E-state index < -0.39 is 23.2 Å². The molecule has 1 N–H and O–H groups in total. The summed E-state index contributed by atoms with van der Waals surface area (Å²) >= 11 is 0. The van der Waals surface area contributed by atoms with Crippen LogP contribution < -0.4 is 10.3 Å². The standard InChI is InChI=1S/C11H8F3N3O2/c1-19-10-7(11(12,13)14)9(18)16-8(17-10)6-2-4-15-5-3-6/h2-5H,1H3,(H,16,17,18). The van der Waals surface area contributed by atoms with Crippen molar-refractivity contribution in [2.45, 2.75) is 6.18 Å².